The van der Waals surface area contributed by atoms with Crippen LogP contribution in [0.15, 0.2) is 60.7 Å². The van der Waals surface area contributed by atoms with Gasteiger partial charge in [-0.3, -0.25) is 4.79 Å². The predicted molar refractivity (Wildman–Crippen MR) is 103 cm³/mol. The first kappa shape index (κ1) is 18.4. The molecule has 0 unspecified atom stereocenters. The molecule has 0 fully saturated rings. The minimum Gasteiger partial charge on any atom is -0.478 e. The second-order valence-electron chi connectivity index (χ2n) is 6.61. The van der Waals surface area contributed by atoms with Crippen LogP contribution in [0.2, 0.25) is 0 Å². The largest absolute Gasteiger partial charge is 0.478 e. The quantitative estimate of drug-likeness (QED) is 0.700. The number of anilines is 1. The summed E-state index contributed by atoms with van der Waals surface area (Å²) in [5.41, 5.74) is 2.25. The van der Waals surface area contributed by atoms with E-state index in [4.69, 9.17) is 5.11 Å². The number of nitrogens with zero attached hydrogens (tertiary/aromatic N) is 1. The first-order chi connectivity index (χ1) is 13.8. The van der Waals surface area contributed by atoms with Crippen molar-refractivity contribution in [2.75, 3.05) is 4.90 Å². The number of aromatic carboxylic acids is 2. The highest BCUT2D eigenvalue weighted by atomic mass is 19.1. The number of hydrogen-bond donors (Lipinski definition) is 2. The van der Waals surface area contributed by atoms with Gasteiger partial charge in [-0.2, -0.15) is 0 Å². The van der Waals surface area contributed by atoms with Gasteiger partial charge >= 0.3 is 11.9 Å². The van der Waals surface area contributed by atoms with Crippen molar-refractivity contribution < 1.29 is 29.0 Å². The van der Waals surface area contributed by atoms with Crippen LogP contribution < -0.4 is 4.90 Å². The lowest BCUT2D eigenvalue weighted by molar-refractivity contribution is 0.0686. The van der Waals surface area contributed by atoms with Gasteiger partial charge in [0.2, 0.25) is 0 Å². The molecule has 2 N–H and O–H groups in total. The number of benzene rings is 3. The van der Waals surface area contributed by atoms with E-state index in [9.17, 15) is 23.9 Å². The van der Waals surface area contributed by atoms with Crippen molar-refractivity contribution in [3.63, 3.8) is 0 Å². The Morgan fingerprint density at radius 1 is 0.862 bits per heavy atom. The van der Waals surface area contributed by atoms with Crippen LogP contribution in [0.5, 0.6) is 0 Å². The van der Waals surface area contributed by atoms with Crippen LogP contribution in [0, 0.1) is 5.82 Å². The standard InChI is InChI=1S/C22H14FNO5/c23-16-6-3-12(4-7-16)13-5-8-17(22(28)29)19(10-13)24-11-15-2-1-14(21(26)27)9-18(15)20(24)25/h1-10H,11H2,(H,26,27)(H,28,29). The number of halogens is 1. The summed E-state index contributed by atoms with van der Waals surface area (Å²) in [5, 5.41) is 18.7. The van der Waals surface area contributed by atoms with E-state index in [-0.39, 0.29) is 28.9 Å². The molecule has 1 amide bonds. The first-order valence-corrected chi connectivity index (χ1v) is 8.66. The van der Waals surface area contributed by atoms with Gasteiger partial charge in [0.05, 0.1) is 23.4 Å². The number of carboxylic acids is 2. The SMILES string of the molecule is O=C(O)c1ccc2c(c1)C(=O)N(c1cc(-c3ccc(F)cc3)ccc1C(=O)O)C2. The third-order valence-corrected chi connectivity index (χ3v) is 4.86. The third kappa shape index (κ3) is 3.23. The molecule has 29 heavy (non-hydrogen) atoms. The molecule has 0 radical (unpaired) electrons. The van der Waals surface area contributed by atoms with E-state index in [1.54, 1.807) is 30.3 Å². The van der Waals surface area contributed by atoms with Gasteiger partial charge in [0.25, 0.3) is 5.91 Å². The second kappa shape index (κ2) is 6.87. The fourth-order valence-electron chi connectivity index (χ4n) is 3.39. The van der Waals surface area contributed by atoms with Gasteiger partial charge in [0, 0.05) is 5.56 Å². The van der Waals surface area contributed by atoms with Crippen molar-refractivity contribution in [1.29, 1.82) is 0 Å². The molecule has 0 atom stereocenters. The zero-order valence-electron chi connectivity index (χ0n) is 14.9. The first-order valence-electron chi connectivity index (χ1n) is 8.66. The van der Waals surface area contributed by atoms with Crippen molar-refractivity contribution in [3.8, 4) is 11.1 Å². The van der Waals surface area contributed by atoms with E-state index in [0.29, 0.717) is 16.7 Å². The highest BCUT2D eigenvalue weighted by Crippen LogP contribution is 2.34. The van der Waals surface area contributed by atoms with Crippen LogP contribution in [-0.4, -0.2) is 28.1 Å². The Hall–Kier alpha value is -4.00. The van der Waals surface area contributed by atoms with Crippen molar-refractivity contribution in [1.82, 2.24) is 0 Å². The number of carbonyl (C=O) groups is 3. The van der Waals surface area contributed by atoms with Gasteiger partial charge in [-0.1, -0.05) is 24.3 Å². The molecular weight excluding hydrogens is 377 g/mol. The number of fused-ring (bicyclic) bond motifs is 1. The topological polar surface area (TPSA) is 94.9 Å². The lowest BCUT2D eigenvalue weighted by atomic mass is 10.0. The lowest BCUT2D eigenvalue weighted by Crippen LogP contribution is -2.25. The molecule has 3 aromatic rings. The van der Waals surface area contributed by atoms with Gasteiger partial charge in [0.1, 0.15) is 5.82 Å². The predicted octanol–water partition coefficient (Wildman–Crippen LogP) is 4.05. The minimum atomic E-state index is -1.19. The maximum absolute atomic E-state index is 13.2. The number of carboxylic acid groups (broad SMARTS) is 2. The van der Waals surface area contributed by atoms with Crippen molar-refractivity contribution in [2.45, 2.75) is 6.54 Å². The van der Waals surface area contributed by atoms with Crippen molar-refractivity contribution in [2.24, 2.45) is 0 Å². The number of hydrogen-bond acceptors (Lipinski definition) is 3. The molecule has 0 saturated carbocycles. The fraction of sp³-hybridized carbons (Fsp3) is 0.0455. The summed E-state index contributed by atoms with van der Waals surface area (Å²) in [6, 6.07) is 14.5. The molecule has 3 aromatic carbocycles. The van der Waals surface area contributed by atoms with Gasteiger partial charge in [0.15, 0.2) is 0 Å². The molecule has 0 spiro atoms. The molecule has 7 heteroatoms. The normalized spacial score (nSPS) is 12.7. The summed E-state index contributed by atoms with van der Waals surface area (Å²) in [6.45, 7) is 0.126. The molecule has 1 aliphatic rings. The summed E-state index contributed by atoms with van der Waals surface area (Å²) < 4.78 is 13.2. The Morgan fingerprint density at radius 2 is 1.55 bits per heavy atom. The van der Waals surface area contributed by atoms with E-state index in [2.05, 4.69) is 0 Å². The smallest absolute Gasteiger partial charge is 0.337 e. The van der Waals surface area contributed by atoms with Gasteiger partial charge in [-0.05, 0) is 53.1 Å². The number of rotatable bonds is 4. The van der Waals surface area contributed by atoms with Crippen molar-refractivity contribution >= 4 is 23.5 Å². The highest BCUT2D eigenvalue weighted by molar-refractivity contribution is 6.13. The van der Waals surface area contributed by atoms with Crippen molar-refractivity contribution in [3.05, 3.63) is 88.7 Å². The Morgan fingerprint density at radius 3 is 2.21 bits per heavy atom. The van der Waals surface area contributed by atoms with E-state index in [1.807, 2.05) is 0 Å². The number of carbonyl (C=O) groups excluding carboxylic acids is 1. The molecule has 4 rings (SSSR count). The molecule has 1 aliphatic heterocycles. The zero-order valence-corrected chi connectivity index (χ0v) is 14.9. The summed E-state index contributed by atoms with van der Waals surface area (Å²) in [6.07, 6.45) is 0. The number of amides is 1. The van der Waals surface area contributed by atoms with Gasteiger partial charge in [-0.25, -0.2) is 14.0 Å². The lowest BCUT2D eigenvalue weighted by Gasteiger charge is -2.19. The van der Waals surface area contributed by atoms with Crippen LogP contribution in [0.25, 0.3) is 11.1 Å². The maximum atomic E-state index is 13.2. The van der Waals surface area contributed by atoms with E-state index < -0.39 is 23.7 Å². The van der Waals surface area contributed by atoms with Crippen LogP contribution in [0.1, 0.15) is 36.6 Å². The average molecular weight is 391 g/mol. The Labute approximate surface area is 164 Å². The molecular formula is C22H14FNO5. The summed E-state index contributed by atoms with van der Waals surface area (Å²) in [4.78, 5) is 37.2. The molecule has 1 heterocycles. The second-order valence-corrected chi connectivity index (χ2v) is 6.61. The summed E-state index contributed by atoms with van der Waals surface area (Å²) in [7, 11) is 0. The van der Waals surface area contributed by atoms with Crippen LogP contribution in [0.4, 0.5) is 10.1 Å². The van der Waals surface area contributed by atoms with E-state index in [0.717, 1.165) is 0 Å². The molecule has 6 nitrogen and oxygen atoms in total. The van der Waals surface area contributed by atoms with E-state index in [1.165, 1.54) is 35.2 Å². The third-order valence-electron chi connectivity index (χ3n) is 4.86. The molecule has 144 valence electrons. The Kier molecular flexibility index (Phi) is 4.35. The van der Waals surface area contributed by atoms with Gasteiger partial charge < -0.3 is 15.1 Å². The summed E-state index contributed by atoms with van der Waals surface area (Å²) in [5.74, 6) is -3.21. The molecule has 0 bridgehead atoms. The van der Waals surface area contributed by atoms with E-state index >= 15 is 0 Å². The average Bonchev–Trinajstić information content (AvgIpc) is 3.04. The Bertz CT molecular complexity index is 1170. The van der Waals surface area contributed by atoms with Crippen LogP contribution in [-0.2, 0) is 6.54 Å². The van der Waals surface area contributed by atoms with Crippen LogP contribution in [0.3, 0.4) is 0 Å². The molecule has 0 aliphatic carbocycles. The molecule has 0 saturated heterocycles. The van der Waals surface area contributed by atoms with Gasteiger partial charge in [-0.15, -0.1) is 0 Å². The monoisotopic (exact) mass is 391 g/mol. The Balaban J connectivity index is 1.80. The minimum absolute atomic E-state index is 0.0162. The van der Waals surface area contributed by atoms with Crippen LogP contribution >= 0.6 is 0 Å². The fourth-order valence-corrected chi connectivity index (χ4v) is 3.39. The summed E-state index contributed by atoms with van der Waals surface area (Å²) >= 11 is 0. The molecule has 0 aromatic heterocycles. The zero-order chi connectivity index (χ0) is 20.7. The highest BCUT2D eigenvalue weighted by Gasteiger charge is 2.32. The maximum Gasteiger partial charge on any atom is 0.337 e.